The number of benzene rings is 1. The maximum absolute atomic E-state index is 11.9. The summed E-state index contributed by atoms with van der Waals surface area (Å²) in [5, 5.41) is 14.3. The molecule has 0 aliphatic carbocycles. The molecule has 6 heteroatoms. The number of carboxylic acids is 1. The van der Waals surface area contributed by atoms with Gasteiger partial charge in [-0.2, -0.15) is 0 Å². The Hall–Kier alpha value is -2.81. The van der Waals surface area contributed by atoms with Crippen molar-refractivity contribution in [3.63, 3.8) is 0 Å². The highest BCUT2D eigenvalue weighted by molar-refractivity contribution is 5.87. The van der Waals surface area contributed by atoms with E-state index in [0.717, 1.165) is 5.56 Å². The molecule has 2 atom stereocenters. The van der Waals surface area contributed by atoms with Crippen molar-refractivity contribution in [2.75, 3.05) is 0 Å². The minimum atomic E-state index is -1.10. The quantitative estimate of drug-likeness (QED) is 0.447. The van der Waals surface area contributed by atoms with Gasteiger partial charge < -0.3 is 15.7 Å². The van der Waals surface area contributed by atoms with E-state index in [0.29, 0.717) is 12.8 Å². The van der Waals surface area contributed by atoms with Crippen LogP contribution in [-0.4, -0.2) is 28.9 Å². The lowest BCUT2D eigenvalue weighted by Crippen LogP contribution is -2.41. The van der Waals surface area contributed by atoms with Gasteiger partial charge >= 0.3 is 5.97 Å². The van der Waals surface area contributed by atoms with Crippen LogP contribution in [0.5, 0.6) is 0 Å². The van der Waals surface area contributed by atoms with Gasteiger partial charge in [0.25, 0.3) is 0 Å². The van der Waals surface area contributed by atoms with Gasteiger partial charge in [0.05, 0.1) is 6.04 Å². The van der Waals surface area contributed by atoms with E-state index < -0.39 is 17.9 Å². The van der Waals surface area contributed by atoms with Gasteiger partial charge in [-0.05, 0) is 25.3 Å². The third-order valence-corrected chi connectivity index (χ3v) is 3.70. The first-order valence-electron chi connectivity index (χ1n) is 8.24. The zero-order valence-electron chi connectivity index (χ0n) is 14.3. The average molecular weight is 344 g/mol. The van der Waals surface area contributed by atoms with Gasteiger partial charge in [0.1, 0.15) is 6.04 Å². The van der Waals surface area contributed by atoms with Crippen LogP contribution in [0.4, 0.5) is 0 Å². The van der Waals surface area contributed by atoms with Gasteiger partial charge in [0.2, 0.25) is 11.8 Å². The van der Waals surface area contributed by atoms with Gasteiger partial charge in [-0.3, -0.25) is 9.59 Å². The number of carbonyl (C=O) groups is 3. The number of amides is 2. The van der Waals surface area contributed by atoms with Gasteiger partial charge in [0, 0.05) is 19.3 Å². The van der Waals surface area contributed by atoms with Crippen molar-refractivity contribution in [3.8, 4) is 12.3 Å². The van der Waals surface area contributed by atoms with Crippen LogP contribution in [0.1, 0.15) is 50.6 Å². The molecule has 0 radical (unpaired) electrons. The average Bonchev–Trinajstić information content (AvgIpc) is 2.59. The summed E-state index contributed by atoms with van der Waals surface area (Å²) in [6.45, 7) is 1.86. The highest BCUT2D eigenvalue weighted by Gasteiger charge is 2.20. The molecule has 0 heterocycles. The molecule has 134 valence electrons. The molecule has 1 rings (SSSR count). The van der Waals surface area contributed by atoms with Crippen molar-refractivity contribution in [3.05, 3.63) is 35.9 Å². The lowest BCUT2D eigenvalue weighted by molar-refractivity contribution is -0.142. The predicted molar refractivity (Wildman–Crippen MR) is 94.5 cm³/mol. The minimum Gasteiger partial charge on any atom is -0.480 e. The van der Waals surface area contributed by atoms with Crippen LogP contribution in [0.2, 0.25) is 0 Å². The maximum Gasteiger partial charge on any atom is 0.326 e. The Morgan fingerprint density at radius 3 is 2.28 bits per heavy atom. The number of terminal acetylenes is 1. The minimum absolute atomic E-state index is 0.000296. The molecule has 1 aromatic carbocycles. The summed E-state index contributed by atoms with van der Waals surface area (Å²) in [7, 11) is 0. The lowest BCUT2D eigenvalue weighted by Gasteiger charge is -2.15. The van der Waals surface area contributed by atoms with Crippen LogP contribution in [0.15, 0.2) is 30.3 Å². The molecular formula is C19H24N2O4. The summed E-state index contributed by atoms with van der Waals surface area (Å²) in [6, 6.07) is 8.34. The zero-order chi connectivity index (χ0) is 18.7. The number of rotatable bonds is 10. The molecule has 0 bridgehead atoms. The number of unbranched alkanes of at least 4 members (excludes halogenated alkanes) is 1. The summed E-state index contributed by atoms with van der Waals surface area (Å²) in [5.41, 5.74) is 0.972. The van der Waals surface area contributed by atoms with E-state index >= 15 is 0 Å². The Morgan fingerprint density at radius 2 is 1.72 bits per heavy atom. The van der Waals surface area contributed by atoms with Gasteiger partial charge in [0.15, 0.2) is 0 Å². The molecule has 0 aliphatic heterocycles. The third-order valence-electron chi connectivity index (χ3n) is 3.70. The van der Waals surface area contributed by atoms with Gasteiger partial charge in [-0.1, -0.05) is 30.3 Å². The molecule has 3 N–H and O–H groups in total. The highest BCUT2D eigenvalue weighted by atomic mass is 16.4. The van der Waals surface area contributed by atoms with E-state index in [1.165, 1.54) is 0 Å². The highest BCUT2D eigenvalue weighted by Crippen LogP contribution is 2.11. The Morgan fingerprint density at radius 1 is 1.12 bits per heavy atom. The summed E-state index contributed by atoms with van der Waals surface area (Å²) in [5.74, 6) is 0.603. The first kappa shape index (κ1) is 20.2. The number of carbonyl (C=O) groups excluding carboxylic acids is 2. The van der Waals surface area contributed by atoms with Crippen LogP contribution in [0.3, 0.4) is 0 Å². The Labute approximate surface area is 148 Å². The molecule has 1 aromatic rings. The van der Waals surface area contributed by atoms with E-state index in [1.807, 2.05) is 37.3 Å². The van der Waals surface area contributed by atoms with Crippen molar-refractivity contribution < 1.29 is 19.5 Å². The Bertz CT molecular complexity index is 622. The SMILES string of the molecule is C#CCCC[C@H](NC(=O)CCC(=O)N[C@H](C)c1ccccc1)C(=O)O. The fourth-order valence-corrected chi connectivity index (χ4v) is 2.30. The third kappa shape index (κ3) is 8.02. The molecule has 0 aliphatic rings. The molecule has 2 amide bonds. The molecule has 0 saturated heterocycles. The second kappa shape index (κ2) is 10.9. The van der Waals surface area contributed by atoms with E-state index in [-0.39, 0.29) is 31.2 Å². The van der Waals surface area contributed by atoms with E-state index in [4.69, 9.17) is 11.5 Å². The van der Waals surface area contributed by atoms with E-state index in [9.17, 15) is 14.4 Å². The topological polar surface area (TPSA) is 95.5 Å². The van der Waals surface area contributed by atoms with Crippen LogP contribution < -0.4 is 10.6 Å². The van der Waals surface area contributed by atoms with Crippen molar-refractivity contribution >= 4 is 17.8 Å². The fourth-order valence-electron chi connectivity index (χ4n) is 2.30. The molecule has 6 nitrogen and oxygen atoms in total. The molecule has 25 heavy (non-hydrogen) atoms. The van der Waals surface area contributed by atoms with Crippen LogP contribution in [-0.2, 0) is 14.4 Å². The number of hydrogen-bond acceptors (Lipinski definition) is 3. The van der Waals surface area contributed by atoms with Crippen molar-refractivity contribution in [2.24, 2.45) is 0 Å². The number of hydrogen-bond donors (Lipinski definition) is 3. The molecule has 0 saturated carbocycles. The van der Waals surface area contributed by atoms with Crippen LogP contribution >= 0.6 is 0 Å². The van der Waals surface area contributed by atoms with Crippen molar-refractivity contribution in [1.82, 2.24) is 10.6 Å². The second-order valence-electron chi connectivity index (χ2n) is 5.75. The largest absolute Gasteiger partial charge is 0.480 e. The monoisotopic (exact) mass is 344 g/mol. The summed E-state index contributed by atoms with van der Waals surface area (Å²) in [6.07, 6.45) is 6.30. The van der Waals surface area contributed by atoms with Crippen LogP contribution in [0.25, 0.3) is 0 Å². The number of carboxylic acid groups (broad SMARTS) is 1. The molecule has 0 aromatic heterocycles. The van der Waals surface area contributed by atoms with Crippen molar-refractivity contribution in [2.45, 2.75) is 51.1 Å². The molecule has 0 unspecified atom stereocenters. The zero-order valence-corrected chi connectivity index (χ0v) is 14.3. The van der Waals surface area contributed by atoms with Crippen LogP contribution in [0, 0.1) is 12.3 Å². The summed E-state index contributed by atoms with van der Waals surface area (Å²) >= 11 is 0. The summed E-state index contributed by atoms with van der Waals surface area (Å²) < 4.78 is 0. The fraction of sp³-hybridized carbons (Fsp3) is 0.421. The number of aliphatic carboxylic acids is 1. The Kier molecular flexibility index (Phi) is 8.80. The van der Waals surface area contributed by atoms with E-state index in [1.54, 1.807) is 0 Å². The first-order valence-corrected chi connectivity index (χ1v) is 8.24. The van der Waals surface area contributed by atoms with E-state index in [2.05, 4.69) is 16.6 Å². The van der Waals surface area contributed by atoms with Crippen molar-refractivity contribution in [1.29, 1.82) is 0 Å². The second-order valence-corrected chi connectivity index (χ2v) is 5.75. The normalized spacial score (nSPS) is 12.5. The molecular weight excluding hydrogens is 320 g/mol. The predicted octanol–water partition coefficient (Wildman–Crippen LogP) is 2.02. The molecule has 0 fully saturated rings. The Balaban J connectivity index is 2.37. The van der Waals surface area contributed by atoms with Gasteiger partial charge in [-0.25, -0.2) is 4.79 Å². The standard InChI is InChI=1S/C19H24N2O4/c1-3-4-6-11-16(19(24)25)21-18(23)13-12-17(22)20-14(2)15-9-7-5-8-10-15/h1,5,7-10,14,16H,4,6,11-13H2,2H3,(H,20,22)(H,21,23)(H,24,25)/t14-,16+/m1/s1. The number of nitrogens with one attached hydrogen (secondary N) is 2. The smallest absolute Gasteiger partial charge is 0.326 e. The maximum atomic E-state index is 11.9. The summed E-state index contributed by atoms with van der Waals surface area (Å²) in [4.78, 5) is 34.9. The first-order chi connectivity index (χ1) is 11.9. The molecule has 0 spiro atoms. The van der Waals surface area contributed by atoms with Gasteiger partial charge in [-0.15, -0.1) is 12.3 Å². The lowest BCUT2D eigenvalue weighted by atomic mass is 10.1.